The van der Waals surface area contributed by atoms with Gasteiger partial charge in [0.15, 0.2) is 5.96 Å². The quantitative estimate of drug-likeness (QED) is 0.684. The normalized spacial score (nSPS) is 21.2. The average Bonchev–Trinajstić information content (AvgIpc) is 3.01. The van der Waals surface area contributed by atoms with Crippen LogP contribution in [0, 0.1) is 5.41 Å². The van der Waals surface area contributed by atoms with Gasteiger partial charge >= 0.3 is 0 Å². The number of hydrogen-bond donors (Lipinski definition) is 1. The monoisotopic (exact) mass is 315 g/mol. The summed E-state index contributed by atoms with van der Waals surface area (Å²) in [7, 11) is 3.63. The molecule has 0 bridgehead atoms. The molecule has 1 saturated heterocycles. The van der Waals surface area contributed by atoms with Crippen LogP contribution in [-0.2, 0) is 0 Å². The summed E-state index contributed by atoms with van der Waals surface area (Å²) in [5.74, 6) is 2.39. The topological polar surface area (TPSA) is 36.9 Å². The average molecular weight is 315 g/mol. The molecule has 1 unspecified atom stereocenters. The van der Waals surface area contributed by atoms with Crippen molar-refractivity contribution in [3.8, 4) is 5.75 Å². The van der Waals surface area contributed by atoms with Crippen LogP contribution in [-0.4, -0.2) is 44.7 Å². The van der Waals surface area contributed by atoms with Crippen molar-refractivity contribution in [3.63, 3.8) is 0 Å². The third-order valence-electron chi connectivity index (χ3n) is 5.60. The Hall–Kier alpha value is -1.71. The Kier molecular flexibility index (Phi) is 4.79. The first-order valence-electron chi connectivity index (χ1n) is 8.76. The number of rotatable bonds is 4. The highest BCUT2D eigenvalue weighted by Gasteiger charge is 2.43. The summed E-state index contributed by atoms with van der Waals surface area (Å²) in [6.45, 7) is 5.42. The van der Waals surface area contributed by atoms with E-state index in [0.29, 0.717) is 11.3 Å². The van der Waals surface area contributed by atoms with E-state index in [9.17, 15) is 0 Å². The van der Waals surface area contributed by atoms with Gasteiger partial charge in [0.25, 0.3) is 0 Å². The number of benzene rings is 1. The maximum Gasteiger partial charge on any atom is 0.193 e. The van der Waals surface area contributed by atoms with Crippen LogP contribution in [0.2, 0.25) is 0 Å². The lowest BCUT2D eigenvalue weighted by Crippen LogP contribution is -2.43. The molecule has 1 saturated carbocycles. The molecule has 3 rings (SSSR count). The molecule has 1 N–H and O–H groups in total. The van der Waals surface area contributed by atoms with Crippen LogP contribution in [0.4, 0.5) is 0 Å². The smallest absolute Gasteiger partial charge is 0.193 e. The van der Waals surface area contributed by atoms with E-state index in [1.54, 1.807) is 7.11 Å². The fourth-order valence-corrected chi connectivity index (χ4v) is 3.96. The number of methoxy groups -OCH3 is 1. The van der Waals surface area contributed by atoms with Crippen molar-refractivity contribution in [2.24, 2.45) is 10.4 Å². The Morgan fingerprint density at radius 2 is 2.13 bits per heavy atom. The molecule has 1 aliphatic carbocycles. The molecule has 1 spiro atoms. The predicted octanol–water partition coefficient (Wildman–Crippen LogP) is 3.25. The van der Waals surface area contributed by atoms with Gasteiger partial charge in [-0.15, -0.1) is 0 Å². The van der Waals surface area contributed by atoms with Gasteiger partial charge in [0, 0.05) is 32.6 Å². The zero-order valence-electron chi connectivity index (χ0n) is 14.6. The summed E-state index contributed by atoms with van der Waals surface area (Å²) in [5, 5.41) is 3.57. The molecule has 23 heavy (non-hydrogen) atoms. The van der Waals surface area contributed by atoms with Crippen LogP contribution in [0.15, 0.2) is 29.3 Å². The number of hydrogen-bond acceptors (Lipinski definition) is 2. The van der Waals surface area contributed by atoms with E-state index in [-0.39, 0.29) is 0 Å². The molecular weight excluding hydrogens is 286 g/mol. The second-order valence-electron chi connectivity index (χ2n) is 7.10. The fourth-order valence-electron chi connectivity index (χ4n) is 3.96. The summed E-state index contributed by atoms with van der Waals surface area (Å²) >= 11 is 0. The molecule has 1 aromatic rings. The van der Waals surface area contributed by atoms with Gasteiger partial charge in [0.1, 0.15) is 5.75 Å². The van der Waals surface area contributed by atoms with Gasteiger partial charge in [0.2, 0.25) is 0 Å². The van der Waals surface area contributed by atoms with Crippen LogP contribution in [0.1, 0.15) is 44.1 Å². The van der Waals surface area contributed by atoms with Crippen molar-refractivity contribution in [1.82, 2.24) is 10.2 Å². The summed E-state index contributed by atoms with van der Waals surface area (Å²) < 4.78 is 5.48. The molecule has 2 aliphatic rings. The SMILES string of the molecule is CN=C(NCC(C)c1ccccc1OC)N1CCC2(CCC2)C1. The number of likely N-dealkylation sites (tertiary alicyclic amines) is 1. The summed E-state index contributed by atoms with van der Waals surface area (Å²) in [6, 6.07) is 8.27. The number of nitrogens with zero attached hydrogens (tertiary/aromatic N) is 2. The zero-order valence-corrected chi connectivity index (χ0v) is 14.6. The third kappa shape index (κ3) is 3.31. The molecule has 126 valence electrons. The summed E-state index contributed by atoms with van der Waals surface area (Å²) in [4.78, 5) is 6.94. The third-order valence-corrected chi connectivity index (χ3v) is 5.60. The van der Waals surface area contributed by atoms with E-state index in [4.69, 9.17) is 4.74 Å². The van der Waals surface area contributed by atoms with E-state index in [1.807, 2.05) is 19.2 Å². The summed E-state index contributed by atoms with van der Waals surface area (Å²) in [6.07, 6.45) is 5.54. The highest BCUT2D eigenvalue weighted by Crippen LogP contribution is 2.47. The summed E-state index contributed by atoms with van der Waals surface area (Å²) in [5.41, 5.74) is 1.85. The van der Waals surface area contributed by atoms with Crippen LogP contribution < -0.4 is 10.1 Å². The minimum Gasteiger partial charge on any atom is -0.496 e. The molecule has 1 aliphatic heterocycles. The van der Waals surface area contributed by atoms with E-state index in [2.05, 4.69) is 34.3 Å². The minimum absolute atomic E-state index is 0.378. The highest BCUT2D eigenvalue weighted by molar-refractivity contribution is 5.80. The van der Waals surface area contributed by atoms with Crippen LogP contribution in [0.5, 0.6) is 5.75 Å². The Morgan fingerprint density at radius 1 is 1.35 bits per heavy atom. The molecular formula is C19H29N3O. The van der Waals surface area contributed by atoms with Crippen LogP contribution >= 0.6 is 0 Å². The van der Waals surface area contributed by atoms with Gasteiger partial charge in [-0.3, -0.25) is 4.99 Å². The molecule has 4 nitrogen and oxygen atoms in total. The molecule has 1 aromatic carbocycles. The Balaban J connectivity index is 1.58. The second-order valence-corrected chi connectivity index (χ2v) is 7.10. The first kappa shape index (κ1) is 16.2. The van der Waals surface area contributed by atoms with Crippen molar-refractivity contribution in [2.75, 3.05) is 33.8 Å². The van der Waals surface area contributed by atoms with Gasteiger partial charge < -0.3 is 15.0 Å². The zero-order chi connectivity index (χ0) is 16.3. The van der Waals surface area contributed by atoms with E-state index < -0.39 is 0 Å². The number of ether oxygens (including phenoxy) is 1. The maximum absolute atomic E-state index is 5.48. The predicted molar refractivity (Wildman–Crippen MR) is 95.2 cm³/mol. The Morgan fingerprint density at radius 3 is 2.74 bits per heavy atom. The van der Waals surface area contributed by atoms with Gasteiger partial charge in [0.05, 0.1) is 7.11 Å². The Labute approximate surface area is 139 Å². The van der Waals surface area contributed by atoms with E-state index >= 15 is 0 Å². The molecule has 0 amide bonds. The Bertz CT molecular complexity index is 565. The number of aliphatic imine (C=N–C) groups is 1. The van der Waals surface area contributed by atoms with E-state index in [0.717, 1.165) is 24.8 Å². The van der Waals surface area contributed by atoms with Crippen molar-refractivity contribution in [3.05, 3.63) is 29.8 Å². The molecule has 0 radical (unpaired) electrons. The first-order chi connectivity index (χ1) is 11.2. The van der Waals surface area contributed by atoms with E-state index in [1.165, 1.54) is 37.8 Å². The lowest BCUT2D eigenvalue weighted by atomic mass is 9.68. The maximum atomic E-state index is 5.48. The van der Waals surface area contributed by atoms with Crippen molar-refractivity contribution >= 4 is 5.96 Å². The van der Waals surface area contributed by atoms with Crippen molar-refractivity contribution < 1.29 is 4.74 Å². The lowest BCUT2D eigenvalue weighted by Gasteiger charge is -2.38. The number of nitrogens with one attached hydrogen (secondary N) is 1. The van der Waals surface area contributed by atoms with Gasteiger partial charge in [-0.1, -0.05) is 31.5 Å². The largest absolute Gasteiger partial charge is 0.496 e. The lowest BCUT2D eigenvalue weighted by molar-refractivity contribution is 0.151. The first-order valence-corrected chi connectivity index (χ1v) is 8.76. The van der Waals surface area contributed by atoms with Gasteiger partial charge in [-0.25, -0.2) is 0 Å². The van der Waals surface area contributed by atoms with Crippen molar-refractivity contribution in [1.29, 1.82) is 0 Å². The van der Waals surface area contributed by atoms with Crippen molar-refractivity contribution in [2.45, 2.75) is 38.5 Å². The van der Waals surface area contributed by atoms with Crippen LogP contribution in [0.3, 0.4) is 0 Å². The second kappa shape index (κ2) is 6.81. The molecule has 2 fully saturated rings. The molecule has 1 atom stereocenters. The number of guanidine groups is 1. The van der Waals surface area contributed by atoms with Gasteiger partial charge in [-0.05, 0) is 36.3 Å². The minimum atomic E-state index is 0.378. The molecule has 0 aromatic heterocycles. The highest BCUT2D eigenvalue weighted by atomic mass is 16.5. The standard InChI is InChI=1S/C19H29N3O/c1-15(16-7-4-5-8-17(16)23-3)13-21-18(20-2)22-12-11-19(14-22)9-6-10-19/h4-5,7-8,15H,6,9-14H2,1-3H3,(H,20,21). The van der Waals surface area contributed by atoms with Crippen LogP contribution in [0.25, 0.3) is 0 Å². The number of para-hydroxylation sites is 1. The molecule has 1 heterocycles. The molecule has 4 heteroatoms. The van der Waals surface area contributed by atoms with Gasteiger partial charge in [-0.2, -0.15) is 0 Å². The fraction of sp³-hybridized carbons (Fsp3) is 0.632.